The van der Waals surface area contributed by atoms with E-state index in [1.807, 2.05) is 33.0 Å². The van der Waals surface area contributed by atoms with Gasteiger partial charge >= 0.3 is 6.09 Å². The number of carbonyl (C=O) groups is 1. The highest BCUT2D eigenvalue weighted by molar-refractivity contribution is 5.69. The predicted molar refractivity (Wildman–Crippen MR) is 104 cm³/mol. The maximum atomic E-state index is 12.2. The van der Waals surface area contributed by atoms with Crippen LogP contribution in [0.2, 0.25) is 0 Å². The van der Waals surface area contributed by atoms with Crippen molar-refractivity contribution in [3.05, 3.63) is 48.2 Å². The number of nitrogens with zero attached hydrogens (tertiary/aromatic N) is 3. The van der Waals surface area contributed by atoms with E-state index < -0.39 is 5.60 Å². The van der Waals surface area contributed by atoms with Crippen molar-refractivity contribution in [3.63, 3.8) is 0 Å². The van der Waals surface area contributed by atoms with Gasteiger partial charge in [0, 0.05) is 43.6 Å². The summed E-state index contributed by atoms with van der Waals surface area (Å²) in [5.41, 5.74) is 4.04. The van der Waals surface area contributed by atoms with Crippen LogP contribution in [0.4, 0.5) is 10.5 Å². The second-order valence-corrected chi connectivity index (χ2v) is 7.67. The number of benzene rings is 1. The molecule has 1 aliphatic rings. The minimum atomic E-state index is -0.451. The SMILES string of the molecule is Cc1cccnc1-c1ccc(N2CCN(C(=O)OC(C)(C)C)CC2)cc1. The zero-order valence-electron chi connectivity index (χ0n) is 16.0. The number of piperazine rings is 1. The summed E-state index contributed by atoms with van der Waals surface area (Å²) in [5.74, 6) is 0. The number of aryl methyl sites for hydroxylation is 1. The van der Waals surface area contributed by atoms with Crippen LogP contribution in [0.1, 0.15) is 26.3 Å². The third-order valence-corrected chi connectivity index (χ3v) is 4.45. The second kappa shape index (κ2) is 7.36. The first-order valence-corrected chi connectivity index (χ1v) is 9.08. The standard InChI is InChI=1S/C21H27N3O2/c1-16-6-5-11-22-19(16)17-7-9-18(10-8-17)23-12-14-24(15-13-23)20(25)26-21(2,3)4/h5-11H,12-15H2,1-4H3. The van der Waals surface area contributed by atoms with Gasteiger partial charge in [-0.3, -0.25) is 4.98 Å². The van der Waals surface area contributed by atoms with Crippen LogP contribution >= 0.6 is 0 Å². The van der Waals surface area contributed by atoms with E-state index in [2.05, 4.69) is 47.1 Å². The van der Waals surface area contributed by atoms with Gasteiger partial charge < -0.3 is 14.5 Å². The molecule has 5 heteroatoms. The third kappa shape index (κ3) is 4.34. The maximum Gasteiger partial charge on any atom is 0.410 e. The molecule has 138 valence electrons. The Bertz CT molecular complexity index is 758. The number of rotatable bonds is 2. The molecule has 1 aromatic carbocycles. The molecule has 0 bridgehead atoms. The summed E-state index contributed by atoms with van der Waals surface area (Å²) in [7, 11) is 0. The summed E-state index contributed by atoms with van der Waals surface area (Å²) in [6, 6.07) is 12.5. The van der Waals surface area contributed by atoms with Crippen LogP contribution in [0.15, 0.2) is 42.6 Å². The molecule has 0 aliphatic carbocycles. The smallest absolute Gasteiger partial charge is 0.410 e. The van der Waals surface area contributed by atoms with E-state index in [4.69, 9.17) is 4.74 Å². The number of amides is 1. The number of hydrogen-bond donors (Lipinski definition) is 0. The average Bonchev–Trinajstić information content (AvgIpc) is 2.61. The molecule has 0 saturated carbocycles. The fraction of sp³-hybridized carbons (Fsp3) is 0.429. The first-order valence-electron chi connectivity index (χ1n) is 9.08. The molecule has 1 fully saturated rings. The Balaban J connectivity index is 1.62. The van der Waals surface area contributed by atoms with Crippen LogP contribution < -0.4 is 4.90 Å². The van der Waals surface area contributed by atoms with Crippen molar-refractivity contribution in [2.75, 3.05) is 31.1 Å². The molecular weight excluding hydrogens is 326 g/mol. The van der Waals surface area contributed by atoms with Crippen molar-refractivity contribution in [1.29, 1.82) is 0 Å². The fourth-order valence-corrected chi connectivity index (χ4v) is 3.09. The molecule has 1 saturated heterocycles. The van der Waals surface area contributed by atoms with Gasteiger partial charge in [0.1, 0.15) is 5.60 Å². The van der Waals surface area contributed by atoms with Gasteiger partial charge in [0.15, 0.2) is 0 Å². The Morgan fingerprint density at radius 1 is 1.04 bits per heavy atom. The fourth-order valence-electron chi connectivity index (χ4n) is 3.09. The predicted octanol–water partition coefficient (Wildman–Crippen LogP) is 4.11. The van der Waals surface area contributed by atoms with Crippen molar-refractivity contribution in [1.82, 2.24) is 9.88 Å². The molecule has 1 aliphatic heterocycles. The number of anilines is 1. The zero-order chi connectivity index (χ0) is 18.7. The van der Waals surface area contributed by atoms with Crippen molar-refractivity contribution < 1.29 is 9.53 Å². The lowest BCUT2D eigenvalue weighted by Gasteiger charge is -2.36. The summed E-state index contributed by atoms with van der Waals surface area (Å²) in [6.45, 7) is 10.7. The van der Waals surface area contributed by atoms with E-state index in [-0.39, 0.29) is 6.09 Å². The summed E-state index contributed by atoms with van der Waals surface area (Å²) >= 11 is 0. The zero-order valence-corrected chi connectivity index (χ0v) is 16.0. The van der Waals surface area contributed by atoms with Gasteiger partial charge in [0.2, 0.25) is 0 Å². The molecule has 0 unspecified atom stereocenters. The van der Waals surface area contributed by atoms with Crippen LogP contribution in [0.5, 0.6) is 0 Å². The maximum absolute atomic E-state index is 12.2. The highest BCUT2D eigenvalue weighted by Crippen LogP contribution is 2.25. The Hall–Kier alpha value is -2.56. The van der Waals surface area contributed by atoms with E-state index in [1.54, 1.807) is 4.90 Å². The number of aromatic nitrogens is 1. The van der Waals surface area contributed by atoms with E-state index in [9.17, 15) is 4.79 Å². The molecule has 5 nitrogen and oxygen atoms in total. The number of hydrogen-bond acceptors (Lipinski definition) is 4. The van der Waals surface area contributed by atoms with Crippen LogP contribution in [-0.4, -0.2) is 47.8 Å². The van der Waals surface area contributed by atoms with Crippen LogP contribution in [0.3, 0.4) is 0 Å². The van der Waals surface area contributed by atoms with E-state index >= 15 is 0 Å². The normalized spacial score (nSPS) is 15.1. The minimum absolute atomic E-state index is 0.224. The highest BCUT2D eigenvalue weighted by atomic mass is 16.6. The molecule has 1 aromatic heterocycles. The lowest BCUT2D eigenvalue weighted by Crippen LogP contribution is -2.50. The molecule has 0 N–H and O–H groups in total. The van der Waals surface area contributed by atoms with Crippen LogP contribution in [-0.2, 0) is 4.74 Å². The lowest BCUT2D eigenvalue weighted by atomic mass is 10.1. The summed E-state index contributed by atoms with van der Waals surface area (Å²) in [5, 5.41) is 0. The molecule has 0 atom stereocenters. The van der Waals surface area contributed by atoms with Crippen molar-refractivity contribution in [2.24, 2.45) is 0 Å². The molecule has 1 amide bonds. The van der Waals surface area contributed by atoms with Crippen molar-refractivity contribution >= 4 is 11.8 Å². The Morgan fingerprint density at radius 2 is 1.69 bits per heavy atom. The van der Waals surface area contributed by atoms with Gasteiger partial charge in [-0.2, -0.15) is 0 Å². The third-order valence-electron chi connectivity index (χ3n) is 4.45. The Kier molecular flexibility index (Phi) is 5.16. The molecule has 2 aromatic rings. The van der Waals surface area contributed by atoms with E-state index in [0.717, 1.165) is 24.3 Å². The van der Waals surface area contributed by atoms with Gasteiger partial charge in [0.25, 0.3) is 0 Å². The Labute approximate surface area is 155 Å². The van der Waals surface area contributed by atoms with E-state index in [0.29, 0.717) is 13.1 Å². The number of pyridine rings is 1. The summed E-state index contributed by atoms with van der Waals surface area (Å²) in [6.07, 6.45) is 1.60. The highest BCUT2D eigenvalue weighted by Gasteiger charge is 2.25. The van der Waals surface area contributed by atoms with Gasteiger partial charge in [0.05, 0.1) is 5.69 Å². The molecular formula is C21H27N3O2. The van der Waals surface area contributed by atoms with Crippen LogP contribution in [0, 0.1) is 6.92 Å². The number of ether oxygens (including phenoxy) is 1. The van der Waals surface area contributed by atoms with Gasteiger partial charge in [-0.1, -0.05) is 18.2 Å². The molecule has 0 spiro atoms. The first-order chi connectivity index (χ1) is 12.3. The topological polar surface area (TPSA) is 45.7 Å². The largest absolute Gasteiger partial charge is 0.444 e. The summed E-state index contributed by atoms with van der Waals surface area (Å²) in [4.78, 5) is 20.7. The molecule has 3 rings (SSSR count). The van der Waals surface area contributed by atoms with Gasteiger partial charge in [-0.05, 0) is 51.5 Å². The van der Waals surface area contributed by atoms with Crippen molar-refractivity contribution in [2.45, 2.75) is 33.3 Å². The molecule has 2 heterocycles. The van der Waals surface area contributed by atoms with Gasteiger partial charge in [-0.15, -0.1) is 0 Å². The first kappa shape index (κ1) is 18.2. The summed E-state index contributed by atoms with van der Waals surface area (Å²) < 4.78 is 5.46. The van der Waals surface area contributed by atoms with Crippen LogP contribution in [0.25, 0.3) is 11.3 Å². The quantitative estimate of drug-likeness (QED) is 0.815. The molecule has 0 radical (unpaired) electrons. The lowest BCUT2D eigenvalue weighted by molar-refractivity contribution is 0.0240. The number of carbonyl (C=O) groups excluding carboxylic acids is 1. The van der Waals surface area contributed by atoms with Gasteiger partial charge in [-0.25, -0.2) is 4.79 Å². The second-order valence-electron chi connectivity index (χ2n) is 7.67. The monoisotopic (exact) mass is 353 g/mol. The average molecular weight is 353 g/mol. The molecule has 26 heavy (non-hydrogen) atoms. The van der Waals surface area contributed by atoms with E-state index in [1.165, 1.54) is 11.3 Å². The minimum Gasteiger partial charge on any atom is -0.444 e. The Morgan fingerprint density at radius 3 is 2.27 bits per heavy atom. The van der Waals surface area contributed by atoms with Crippen molar-refractivity contribution in [3.8, 4) is 11.3 Å².